The molecule has 3 heterocycles. The van der Waals surface area contributed by atoms with Crippen LogP contribution in [-0.4, -0.2) is 51.0 Å². The maximum absolute atomic E-state index is 5.96. The summed E-state index contributed by atoms with van der Waals surface area (Å²) in [5.74, 6) is 0.905. The van der Waals surface area contributed by atoms with Crippen LogP contribution in [0.2, 0.25) is 0 Å². The second kappa shape index (κ2) is 8.17. The fraction of sp³-hybridized carbons (Fsp3) is 0.348. The van der Waals surface area contributed by atoms with Crippen molar-refractivity contribution in [3.8, 4) is 17.0 Å². The van der Waals surface area contributed by atoms with E-state index in [0.717, 1.165) is 53.0 Å². The number of likely N-dealkylation sites (tertiary alicyclic amines) is 1. The van der Waals surface area contributed by atoms with Gasteiger partial charge in [-0.25, -0.2) is 0 Å². The third kappa shape index (κ3) is 3.80. The molecule has 6 heteroatoms. The van der Waals surface area contributed by atoms with Crippen molar-refractivity contribution in [2.45, 2.75) is 25.7 Å². The van der Waals surface area contributed by atoms with E-state index in [2.05, 4.69) is 39.4 Å². The summed E-state index contributed by atoms with van der Waals surface area (Å²) in [6.07, 6.45) is 6.77. The monoisotopic (exact) mass is 387 g/mol. The molecule has 0 radical (unpaired) electrons. The Bertz CT molecular complexity index is 1100. The number of piperidine rings is 1. The lowest BCUT2D eigenvalue weighted by molar-refractivity contribution is 0.205. The molecular weight excluding hydrogens is 362 g/mol. The predicted molar refractivity (Wildman–Crippen MR) is 114 cm³/mol. The molecule has 5 rings (SSSR count). The minimum absolute atomic E-state index is 0.754. The summed E-state index contributed by atoms with van der Waals surface area (Å²) >= 11 is 0. The van der Waals surface area contributed by atoms with E-state index in [1.54, 1.807) is 10.8 Å². The molecule has 2 aromatic carbocycles. The van der Waals surface area contributed by atoms with Crippen LogP contribution in [0, 0.1) is 0 Å². The van der Waals surface area contributed by atoms with Crippen LogP contribution in [0.25, 0.3) is 27.7 Å². The first kappa shape index (κ1) is 18.1. The van der Waals surface area contributed by atoms with Gasteiger partial charge in [-0.3, -0.25) is 0 Å². The lowest BCUT2D eigenvalue weighted by Gasteiger charge is -2.26. The fourth-order valence-electron chi connectivity index (χ4n) is 4.11. The van der Waals surface area contributed by atoms with E-state index in [1.807, 2.05) is 24.3 Å². The average molecular weight is 387 g/mol. The Labute approximate surface area is 170 Å². The molecule has 1 aliphatic rings. The normalized spacial score (nSPS) is 15.2. The fourth-order valence-corrected chi connectivity index (χ4v) is 4.11. The zero-order valence-electron chi connectivity index (χ0n) is 16.5. The second-order valence-corrected chi connectivity index (χ2v) is 7.62. The first-order chi connectivity index (χ1) is 14.4. The summed E-state index contributed by atoms with van der Waals surface area (Å²) in [7, 11) is 0. The van der Waals surface area contributed by atoms with E-state index in [4.69, 9.17) is 9.84 Å². The summed E-state index contributed by atoms with van der Waals surface area (Å²) in [5.41, 5.74) is 2.75. The summed E-state index contributed by atoms with van der Waals surface area (Å²) in [6, 6.07) is 16.4. The van der Waals surface area contributed by atoms with Crippen LogP contribution in [0.3, 0.4) is 0 Å². The van der Waals surface area contributed by atoms with E-state index < -0.39 is 0 Å². The molecular formula is C23H25N5O. The number of hydrogen-bond donors (Lipinski definition) is 0. The number of fused-ring (bicyclic) bond motifs is 3. The van der Waals surface area contributed by atoms with Crippen LogP contribution >= 0.6 is 0 Å². The van der Waals surface area contributed by atoms with Crippen LogP contribution < -0.4 is 4.74 Å². The van der Waals surface area contributed by atoms with Gasteiger partial charge in [-0.05, 0) is 56.6 Å². The van der Waals surface area contributed by atoms with Crippen molar-refractivity contribution in [2.75, 3.05) is 26.2 Å². The molecule has 0 unspecified atom stereocenters. The van der Waals surface area contributed by atoms with E-state index in [9.17, 15) is 0 Å². The van der Waals surface area contributed by atoms with E-state index >= 15 is 0 Å². The Morgan fingerprint density at radius 2 is 1.69 bits per heavy atom. The van der Waals surface area contributed by atoms with Crippen LogP contribution in [0.5, 0.6) is 5.75 Å². The van der Waals surface area contributed by atoms with Crippen molar-refractivity contribution < 1.29 is 4.74 Å². The van der Waals surface area contributed by atoms with E-state index in [1.165, 1.54) is 32.4 Å². The molecule has 4 aromatic rings. The quantitative estimate of drug-likeness (QED) is 0.464. The molecule has 0 N–H and O–H groups in total. The number of ether oxygens (including phenoxy) is 1. The van der Waals surface area contributed by atoms with E-state index in [-0.39, 0.29) is 0 Å². The first-order valence-corrected chi connectivity index (χ1v) is 10.4. The Morgan fingerprint density at radius 3 is 2.52 bits per heavy atom. The van der Waals surface area contributed by atoms with Gasteiger partial charge in [0.2, 0.25) is 0 Å². The van der Waals surface area contributed by atoms with Gasteiger partial charge in [-0.1, -0.05) is 30.7 Å². The number of nitrogens with zero attached hydrogens (tertiary/aromatic N) is 5. The summed E-state index contributed by atoms with van der Waals surface area (Å²) < 4.78 is 7.70. The highest BCUT2D eigenvalue weighted by molar-refractivity contribution is 6.01. The van der Waals surface area contributed by atoms with E-state index in [0.29, 0.717) is 0 Å². The smallest absolute Gasteiger partial charge is 0.185 e. The highest BCUT2D eigenvalue weighted by Gasteiger charge is 2.12. The van der Waals surface area contributed by atoms with Crippen LogP contribution in [0.15, 0.2) is 54.9 Å². The van der Waals surface area contributed by atoms with Crippen molar-refractivity contribution >= 4 is 16.4 Å². The van der Waals surface area contributed by atoms with Gasteiger partial charge >= 0.3 is 0 Å². The minimum atomic E-state index is 0.754. The highest BCUT2D eigenvalue weighted by Crippen LogP contribution is 2.29. The number of hydrogen-bond acceptors (Lipinski definition) is 5. The average Bonchev–Trinajstić information content (AvgIpc) is 3.26. The number of rotatable bonds is 6. The Hall–Kier alpha value is -2.99. The minimum Gasteiger partial charge on any atom is -0.494 e. The zero-order chi connectivity index (χ0) is 19.5. The molecule has 0 amide bonds. The van der Waals surface area contributed by atoms with Crippen LogP contribution in [-0.2, 0) is 0 Å². The van der Waals surface area contributed by atoms with Crippen molar-refractivity contribution in [2.24, 2.45) is 0 Å². The second-order valence-electron chi connectivity index (χ2n) is 7.62. The molecule has 0 atom stereocenters. The predicted octanol–water partition coefficient (Wildman–Crippen LogP) is 4.20. The first-order valence-electron chi connectivity index (χ1n) is 10.4. The SMILES string of the molecule is c1ccc2c(c1)c(-c1ccc(OCCCN3CCCCC3)cc1)nn1cnnc21. The summed E-state index contributed by atoms with van der Waals surface area (Å²) in [6.45, 7) is 4.37. The van der Waals surface area contributed by atoms with Gasteiger partial charge < -0.3 is 9.64 Å². The largest absolute Gasteiger partial charge is 0.494 e. The molecule has 0 spiro atoms. The maximum atomic E-state index is 5.96. The Balaban J connectivity index is 1.30. The highest BCUT2D eigenvalue weighted by atomic mass is 16.5. The topological polar surface area (TPSA) is 55.5 Å². The lowest BCUT2D eigenvalue weighted by atomic mass is 10.0. The van der Waals surface area contributed by atoms with Crippen molar-refractivity contribution in [1.82, 2.24) is 24.7 Å². The van der Waals surface area contributed by atoms with Crippen molar-refractivity contribution in [1.29, 1.82) is 0 Å². The molecule has 0 saturated carbocycles. The molecule has 2 aromatic heterocycles. The molecule has 1 fully saturated rings. The molecule has 0 aliphatic carbocycles. The lowest BCUT2D eigenvalue weighted by Crippen LogP contribution is -2.31. The molecule has 6 nitrogen and oxygen atoms in total. The Morgan fingerprint density at radius 1 is 0.897 bits per heavy atom. The maximum Gasteiger partial charge on any atom is 0.185 e. The third-order valence-electron chi connectivity index (χ3n) is 5.63. The molecule has 0 bridgehead atoms. The van der Waals surface area contributed by atoms with Gasteiger partial charge in [-0.15, -0.1) is 10.2 Å². The summed E-state index contributed by atoms with van der Waals surface area (Å²) in [5, 5.41) is 15.1. The van der Waals surface area contributed by atoms with Gasteiger partial charge in [0.15, 0.2) is 5.65 Å². The van der Waals surface area contributed by atoms with Gasteiger partial charge in [0.25, 0.3) is 0 Å². The van der Waals surface area contributed by atoms with Crippen molar-refractivity contribution in [3.05, 3.63) is 54.9 Å². The van der Waals surface area contributed by atoms with Gasteiger partial charge in [-0.2, -0.15) is 9.61 Å². The number of aromatic nitrogens is 4. The van der Waals surface area contributed by atoms with Crippen LogP contribution in [0.4, 0.5) is 0 Å². The van der Waals surface area contributed by atoms with Gasteiger partial charge in [0.1, 0.15) is 12.1 Å². The zero-order valence-corrected chi connectivity index (χ0v) is 16.5. The van der Waals surface area contributed by atoms with Gasteiger partial charge in [0.05, 0.1) is 12.3 Å². The standard InChI is InChI=1S/C23H25N5O/c1-4-13-27(14-5-1)15-6-16-29-19-11-9-18(10-12-19)22-20-7-2-3-8-21(20)23-25-24-17-28(23)26-22/h2-3,7-12,17H,1,4-6,13-16H2. The Kier molecular flexibility index (Phi) is 5.09. The number of benzene rings is 2. The molecule has 1 aliphatic heterocycles. The molecule has 148 valence electrons. The van der Waals surface area contributed by atoms with Crippen LogP contribution in [0.1, 0.15) is 25.7 Å². The summed E-state index contributed by atoms with van der Waals surface area (Å²) in [4.78, 5) is 2.55. The molecule has 29 heavy (non-hydrogen) atoms. The van der Waals surface area contributed by atoms with Crippen molar-refractivity contribution in [3.63, 3.8) is 0 Å². The molecule has 1 saturated heterocycles. The van der Waals surface area contributed by atoms with Gasteiger partial charge in [0, 0.05) is 22.9 Å². The third-order valence-corrected chi connectivity index (χ3v) is 5.63.